The van der Waals surface area contributed by atoms with Gasteiger partial charge in [-0.05, 0) is 55.2 Å². The Morgan fingerprint density at radius 1 is 0.931 bits per heavy atom. The summed E-state index contributed by atoms with van der Waals surface area (Å²) in [5, 5.41) is 0. The summed E-state index contributed by atoms with van der Waals surface area (Å²) in [7, 11) is -3.72. The number of unbranched alkanes of at least 4 members (excludes halogenated alkanes) is 4. The highest BCUT2D eigenvalue weighted by Gasteiger charge is 2.15. The normalized spacial score (nSPS) is 11.2. The van der Waals surface area contributed by atoms with E-state index in [1.54, 1.807) is 30.3 Å². The van der Waals surface area contributed by atoms with Crippen molar-refractivity contribution >= 4 is 21.7 Å². The monoisotopic (exact) mass is 417 g/mol. The number of rotatable bonds is 12. The van der Waals surface area contributed by atoms with E-state index in [-0.39, 0.29) is 4.90 Å². The van der Waals surface area contributed by atoms with Crippen LogP contribution >= 0.6 is 0 Å². The van der Waals surface area contributed by atoms with Gasteiger partial charge in [0.2, 0.25) is 0 Å². The maximum Gasteiger partial charge on any atom is 0.338 e. The summed E-state index contributed by atoms with van der Waals surface area (Å²) in [5.41, 5.74) is 1.79. The van der Waals surface area contributed by atoms with Crippen molar-refractivity contribution in [2.24, 2.45) is 0 Å². The molecular formula is C23H31NO4S. The number of nitrogens with one attached hydrogen (secondary N) is 1. The van der Waals surface area contributed by atoms with E-state index in [0.717, 1.165) is 31.2 Å². The number of anilines is 1. The minimum Gasteiger partial charge on any atom is -0.462 e. The molecule has 158 valence electrons. The first kappa shape index (κ1) is 22.9. The Kier molecular flexibility index (Phi) is 9.19. The van der Waals surface area contributed by atoms with Crippen molar-refractivity contribution in [3.63, 3.8) is 0 Å². The van der Waals surface area contributed by atoms with E-state index in [2.05, 4.69) is 11.6 Å². The van der Waals surface area contributed by atoms with Crippen LogP contribution in [0, 0.1) is 0 Å². The Morgan fingerprint density at radius 3 is 2.34 bits per heavy atom. The molecule has 0 saturated carbocycles. The molecule has 5 nitrogen and oxygen atoms in total. The molecule has 6 heteroatoms. The highest BCUT2D eigenvalue weighted by atomic mass is 32.2. The average molecular weight is 418 g/mol. The van der Waals surface area contributed by atoms with Crippen LogP contribution in [0.25, 0.3) is 0 Å². The minimum atomic E-state index is -3.72. The summed E-state index contributed by atoms with van der Waals surface area (Å²) in [6.07, 6.45) is 7.41. The molecular weight excluding hydrogens is 386 g/mol. The van der Waals surface area contributed by atoms with Crippen molar-refractivity contribution in [2.45, 2.75) is 63.7 Å². The lowest BCUT2D eigenvalue weighted by molar-refractivity contribution is 0.0500. The average Bonchev–Trinajstić information content (AvgIpc) is 2.71. The molecule has 0 atom stereocenters. The molecule has 29 heavy (non-hydrogen) atoms. The molecule has 0 spiro atoms. The van der Waals surface area contributed by atoms with Gasteiger partial charge in [-0.25, -0.2) is 13.2 Å². The van der Waals surface area contributed by atoms with Crippen LogP contribution in [0.5, 0.6) is 0 Å². The Balaban J connectivity index is 2.01. The van der Waals surface area contributed by atoms with Crippen molar-refractivity contribution in [3.8, 4) is 0 Å². The van der Waals surface area contributed by atoms with Crippen LogP contribution in [0.4, 0.5) is 5.69 Å². The van der Waals surface area contributed by atoms with Gasteiger partial charge in [-0.3, -0.25) is 4.72 Å². The number of sulfonamides is 1. The largest absolute Gasteiger partial charge is 0.462 e. The summed E-state index contributed by atoms with van der Waals surface area (Å²) in [6, 6.07) is 13.3. The zero-order valence-corrected chi connectivity index (χ0v) is 18.1. The highest BCUT2D eigenvalue weighted by molar-refractivity contribution is 7.92. The SMILES string of the molecule is CCCCCCc1ccc(S(=O)(=O)Nc2cccc(C(=O)OCCCC)c2)cc1. The third-order valence-electron chi connectivity index (χ3n) is 4.63. The summed E-state index contributed by atoms with van der Waals surface area (Å²) in [5.74, 6) is -0.452. The Bertz CT molecular complexity index is 876. The zero-order valence-electron chi connectivity index (χ0n) is 17.3. The van der Waals surface area contributed by atoms with Crippen molar-refractivity contribution in [1.82, 2.24) is 0 Å². The summed E-state index contributed by atoms with van der Waals surface area (Å²) in [4.78, 5) is 12.3. The molecule has 0 heterocycles. The van der Waals surface area contributed by atoms with Crippen molar-refractivity contribution in [1.29, 1.82) is 0 Å². The van der Waals surface area contributed by atoms with Gasteiger partial charge in [-0.2, -0.15) is 0 Å². The van der Waals surface area contributed by atoms with E-state index < -0.39 is 16.0 Å². The van der Waals surface area contributed by atoms with Crippen LogP contribution in [-0.4, -0.2) is 21.0 Å². The van der Waals surface area contributed by atoms with E-state index in [1.807, 2.05) is 19.1 Å². The summed E-state index contributed by atoms with van der Waals surface area (Å²) in [6.45, 7) is 4.55. The van der Waals surface area contributed by atoms with Gasteiger partial charge in [-0.15, -0.1) is 0 Å². The molecule has 0 aliphatic carbocycles. The van der Waals surface area contributed by atoms with E-state index >= 15 is 0 Å². The van der Waals surface area contributed by atoms with Crippen LogP contribution < -0.4 is 4.72 Å². The molecule has 0 bridgehead atoms. The maximum atomic E-state index is 12.7. The Morgan fingerprint density at radius 2 is 1.66 bits per heavy atom. The molecule has 0 saturated heterocycles. The van der Waals surface area contributed by atoms with Crippen molar-refractivity contribution in [2.75, 3.05) is 11.3 Å². The second kappa shape index (κ2) is 11.6. The first-order valence-electron chi connectivity index (χ1n) is 10.3. The summed E-state index contributed by atoms with van der Waals surface area (Å²) >= 11 is 0. The van der Waals surface area contributed by atoms with Gasteiger partial charge in [0.15, 0.2) is 0 Å². The third kappa shape index (κ3) is 7.54. The fraction of sp³-hybridized carbons (Fsp3) is 0.435. The standard InChI is InChI=1S/C23H31NO4S/c1-3-5-7-8-10-19-13-15-22(16-14-19)29(26,27)24-21-12-9-11-20(18-21)23(25)28-17-6-4-2/h9,11-16,18,24H,3-8,10,17H2,1-2H3. The number of benzene rings is 2. The summed E-state index contributed by atoms with van der Waals surface area (Å²) < 4.78 is 33.1. The second-order valence-electron chi connectivity index (χ2n) is 7.13. The van der Waals surface area contributed by atoms with E-state index in [4.69, 9.17) is 4.74 Å². The molecule has 0 aromatic heterocycles. The number of carbonyl (C=O) groups is 1. The zero-order chi connectivity index (χ0) is 21.1. The number of hydrogen-bond acceptors (Lipinski definition) is 4. The van der Waals surface area contributed by atoms with Gasteiger partial charge in [-0.1, -0.05) is 57.7 Å². The molecule has 0 fully saturated rings. The lowest BCUT2D eigenvalue weighted by atomic mass is 10.1. The molecule has 2 aromatic rings. The number of aryl methyl sites for hydroxylation is 1. The smallest absolute Gasteiger partial charge is 0.338 e. The molecule has 0 aliphatic rings. The van der Waals surface area contributed by atoms with E-state index in [0.29, 0.717) is 17.9 Å². The Labute approximate surface area is 174 Å². The predicted molar refractivity (Wildman–Crippen MR) is 117 cm³/mol. The molecule has 0 radical (unpaired) electrons. The van der Waals surface area contributed by atoms with Crippen LogP contribution in [0.2, 0.25) is 0 Å². The molecule has 2 rings (SSSR count). The van der Waals surface area contributed by atoms with Gasteiger partial charge in [0.1, 0.15) is 0 Å². The Hall–Kier alpha value is -2.34. The van der Waals surface area contributed by atoms with Crippen LogP contribution in [0.15, 0.2) is 53.4 Å². The molecule has 2 aromatic carbocycles. The predicted octanol–water partition coefficient (Wildman–Crippen LogP) is 5.57. The van der Waals surface area contributed by atoms with Gasteiger partial charge in [0, 0.05) is 5.69 Å². The van der Waals surface area contributed by atoms with Gasteiger partial charge in [0.25, 0.3) is 10.0 Å². The fourth-order valence-corrected chi connectivity index (χ4v) is 3.96. The van der Waals surface area contributed by atoms with Crippen LogP contribution in [0.1, 0.15) is 68.3 Å². The first-order chi connectivity index (χ1) is 14.0. The van der Waals surface area contributed by atoms with E-state index in [1.165, 1.54) is 25.3 Å². The van der Waals surface area contributed by atoms with Crippen molar-refractivity contribution < 1.29 is 17.9 Å². The molecule has 0 aliphatic heterocycles. The van der Waals surface area contributed by atoms with Crippen LogP contribution in [0.3, 0.4) is 0 Å². The molecule has 0 amide bonds. The minimum absolute atomic E-state index is 0.200. The molecule has 1 N–H and O–H groups in total. The topological polar surface area (TPSA) is 72.5 Å². The molecule has 0 unspecified atom stereocenters. The second-order valence-corrected chi connectivity index (χ2v) is 8.81. The van der Waals surface area contributed by atoms with Crippen molar-refractivity contribution in [3.05, 3.63) is 59.7 Å². The lowest BCUT2D eigenvalue weighted by Gasteiger charge is -2.10. The lowest BCUT2D eigenvalue weighted by Crippen LogP contribution is -2.14. The number of carbonyl (C=O) groups excluding carboxylic acids is 1. The first-order valence-corrected chi connectivity index (χ1v) is 11.8. The number of ether oxygens (including phenoxy) is 1. The number of hydrogen-bond donors (Lipinski definition) is 1. The number of esters is 1. The third-order valence-corrected chi connectivity index (χ3v) is 6.03. The highest BCUT2D eigenvalue weighted by Crippen LogP contribution is 2.19. The van der Waals surface area contributed by atoms with E-state index in [9.17, 15) is 13.2 Å². The quantitative estimate of drug-likeness (QED) is 0.362. The van der Waals surface area contributed by atoms with Gasteiger partial charge in [0.05, 0.1) is 17.1 Å². The maximum absolute atomic E-state index is 12.7. The van der Waals surface area contributed by atoms with Crippen LogP contribution in [-0.2, 0) is 21.2 Å². The van der Waals surface area contributed by atoms with Gasteiger partial charge >= 0.3 is 5.97 Å². The van der Waals surface area contributed by atoms with Gasteiger partial charge < -0.3 is 4.74 Å². The fourth-order valence-electron chi connectivity index (χ4n) is 2.91.